The zero-order valence-corrected chi connectivity index (χ0v) is 15.3. The number of carbonyl (C=O) groups excluding carboxylic acids is 1. The Balaban J connectivity index is 1.49. The second-order valence-electron chi connectivity index (χ2n) is 7.55. The average molecular weight is 329 g/mol. The van der Waals surface area contributed by atoms with Gasteiger partial charge in [0.05, 0.1) is 6.04 Å². The molecular weight excluding hydrogens is 298 g/mol. The van der Waals surface area contributed by atoms with Crippen LogP contribution in [0.25, 0.3) is 0 Å². The SMILES string of the molecule is Cc1cccc(C(C)NC(=O)NC2CCN(C3CCCC3)C2)c1C. The minimum absolute atomic E-state index is 0.0252. The summed E-state index contributed by atoms with van der Waals surface area (Å²) in [6, 6.07) is 7.31. The van der Waals surface area contributed by atoms with Gasteiger partial charge in [-0.25, -0.2) is 4.79 Å². The summed E-state index contributed by atoms with van der Waals surface area (Å²) < 4.78 is 0. The highest BCUT2D eigenvalue weighted by molar-refractivity contribution is 5.75. The zero-order chi connectivity index (χ0) is 17.1. The number of aryl methyl sites for hydroxylation is 1. The molecule has 0 aromatic heterocycles. The van der Waals surface area contributed by atoms with E-state index >= 15 is 0 Å². The smallest absolute Gasteiger partial charge is 0.315 e. The lowest BCUT2D eigenvalue weighted by Gasteiger charge is -2.24. The van der Waals surface area contributed by atoms with Crippen molar-refractivity contribution in [2.24, 2.45) is 0 Å². The van der Waals surface area contributed by atoms with Crippen LogP contribution in [0.4, 0.5) is 4.79 Å². The Morgan fingerprint density at radius 2 is 1.96 bits per heavy atom. The fourth-order valence-corrected chi connectivity index (χ4v) is 4.25. The van der Waals surface area contributed by atoms with Crippen LogP contribution in [-0.2, 0) is 0 Å². The fourth-order valence-electron chi connectivity index (χ4n) is 4.25. The van der Waals surface area contributed by atoms with E-state index in [1.807, 2.05) is 0 Å². The predicted molar refractivity (Wildman–Crippen MR) is 98.2 cm³/mol. The van der Waals surface area contributed by atoms with E-state index in [-0.39, 0.29) is 18.1 Å². The van der Waals surface area contributed by atoms with Gasteiger partial charge in [0.15, 0.2) is 0 Å². The molecule has 2 fully saturated rings. The molecular formula is C20H31N3O. The Labute approximate surface area is 146 Å². The molecule has 1 heterocycles. The van der Waals surface area contributed by atoms with Crippen molar-refractivity contribution in [3.05, 3.63) is 34.9 Å². The number of nitrogens with one attached hydrogen (secondary N) is 2. The van der Waals surface area contributed by atoms with Crippen LogP contribution in [0.2, 0.25) is 0 Å². The summed E-state index contributed by atoms with van der Waals surface area (Å²) in [5.41, 5.74) is 3.73. The standard InChI is InChI=1S/C20H31N3O/c1-14-7-6-10-19(15(14)2)16(3)21-20(24)22-17-11-12-23(13-17)18-8-4-5-9-18/h6-7,10,16-18H,4-5,8-9,11-13H2,1-3H3,(H2,21,22,24). The third-order valence-corrected chi connectivity index (χ3v) is 5.86. The lowest BCUT2D eigenvalue weighted by molar-refractivity contribution is 0.226. The summed E-state index contributed by atoms with van der Waals surface area (Å²) in [6.07, 6.45) is 6.48. The van der Waals surface area contributed by atoms with Crippen molar-refractivity contribution < 1.29 is 4.79 Å². The third-order valence-electron chi connectivity index (χ3n) is 5.86. The van der Waals surface area contributed by atoms with Gasteiger partial charge in [-0.2, -0.15) is 0 Å². The van der Waals surface area contributed by atoms with Gasteiger partial charge in [-0.15, -0.1) is 0 Å². The summed E-state index contributed by atoms with van der Waals surface area (Å²) in [5, 5.41) is 6.28. The monoisotopic (exact) mass is 329 g/mol. The molecule has 2 unspecified atom stereocenters. The van der Waals surface area contributed by atoms with Gasteiger partial charge in [0, 0.05) is 25.2 Å². The molecule has 2 atom stereocenters. The molecule has 2 N–H and O–H groups in total. The molecule has 3 rings (SSSR count). The van der Waals surface area contributed by atoms with Crippen LogP contribution in [0.3, 0.4) is 0 Å². The first-order chi connectivity index (χ1) is 11.5. The van der Waals surface area contributed by atoms with Crippen LogP contribution < -0.4 is 10.6 Å². The highest BCUT2D eigenvalue weighted by atomic mass is 16.2. The van der Waals surface area contributed by atoms with Crippen molar-refractivity contribution in [1.29, 1.82) is 0 Å². The van der Waals surface area contributed by atoms with Crippen molar-refractivity contribution in [1.82, 2.24) is 15.5 Å². The largest absolute Gasteiger partial charge is 0.334 e. The molecule has 4 heteroatoms. The molecule has 24 heavy (non-hydrogen) atoms. The van der Waals surface area contributed by atoms with Gasteiger partial charge in [-0.1, -0.05) is 31.0 Å². The van der Waals surface area contributed by atoms with Gasteiger partial charge in [-0.3, -0.25) is 4.90 Å². The average Bonchev–Trinajstić information content (AvgIpc) is 3.20. The molecule has 2 aliphatic rings. The second-order valence-corrected chi connectivity index (χ2v) is 7.55. The molecule has 1 aromatic rings. The molecule has 0 spiro atoms. The number of amides is 2. The molecule has 0 radical (unpaired) electrons. The molecule has 1 saturated carbocycles. The van der Waals surface area contributed by atoms with E-state index in [1.54, 1.807) is 0 Å². The van der Waals surface area contributed by atoms with Crippen LogP contribution in [0.15, 0.2) is 18.2 Å². The highest BCUT2D eigenvalue weighted by Gasteiger charge is 2.30. The van der Waals surface area contributed by atoms with Crippen LogP contribution in [0.5, 0.6) is 0 Å². The Kier molecular flexibility index (Phi) is 5.44. The number of hydrogen-bond acceptors (Lipinski definition) is 2. The van der Waals surface area contributed by atoms with E-state index in [0.29, 0.717) is 0 Å². The molecule has 1 saturated heterocycles. The van der Waals surface area contributed by atoms with E-state index < -0.39 is 0 Å². The lowest BCUT2D eigenvalue weighted by Crippen LogP contribution is -2.44. The number of hydrogen-bond donors (Lipinski definition) is 2. The number of carbonyl (C=O) groups is 1. The number of likely N-dealkylation sites (tertiary alicyclic amines) is 1. The molecule has 2 amide bonds. The Morgan fingerprint density at radius 1 is 1.21 bits per heavy atom. The van der Waals surface area contributed by atoms with E-state index in [2.05, 4.69) is 54.5 Å². The van der Waals surface area contributed by atoms with Gasteiger partial charge in [0.1, 0.15) is 0 Å². The highest BCUT2D eigenvalue weighted by Crippen LogP contribution is 2.26. The first kappa shape index (κ1) is 17.3. The number of urea groups is 1. The summed E-state index contributed by atoms with van der Waals surface area (Å²) in [5.74, 6) is 0. The number of benzene rings is 1. The van der Waals surface area contributed by atoms with Crippen molar-refractivity contribution in [3.63, 3.8) is 0 Å². The minimum atomic E-state index is -0.0401. The van der Waals surface area contributed by atoms with E-state index in [0.717, 1.165) is 25.6 Å². The number of rotatable bonds is 4. The van der Waals surface area contributed by atoms with Gasteiger partial charge < -0.3 is 10.6 Å². The molecule has 1 aromatic carbocycles. The topological polar surface area (TPSA) is 44.4 Å². The van der Waals surface area contributed by atoms with Gasteiger partial charge in [-0.05, 0) is 56.7 Å². The van der Waals surface area contributed by atoms with E-state index in [9.17, 15) is 4.79 Å². The van der Waals surface area contributed by atoms with Crippen molar-refractivity contribution in [2.45, 2.75) is 71.0 Å². The van der Waals surface area contributed by atoms with E-state index in [4.69, 9.17) is 0 Å². The minimum Gasteiger partial charge on any atom is -0.334 e. The van der Waals surface area contributed by atoms with Crippen LogP contribution >= 0.6 is 0 Å². The Bertz CT molecular complexity index is 580. The molecule has 1 aliphatic heterocycles. The summed E-state index contributed by atoms with van der Waals surface area (Å²) in [7, 11) is 0. The summed E-state index contributed by atoms with van der Waals surface area (Å²) in [4.78, 5) is 14.9. The van der Waals surface area contributed by atoms with Crippen molar-refractivity contribution in [2.75, 3.05) is 13.1 Å². The molecule has 1 aliphatic carbocycles. The number of nitrogens with zero attached hydrogens (tertiary/aromatic N) is 1. The van der Waals surface area contributed by atoms with Gasteiger partial charge >= 0.3 is 6.03 Å². The van der Waals surface area contributed by atoms with Crippen LogP contribution in [0, 0.1) is 13.8 Å². The van der Waals surface area contributed by atoms with Crippen molar-refractivity contribution >= 4 is 6.03 Å². The van der Waals surface area contributed by atoms with Gasteiger partial charge in [0.2, 0.25) is 0 Å². The predicted octanol–water partition coefficient (Wildman–Crippen LogP) is 3.68. The van der Waals surface area contributed by atoms with Crippen molar-refractivity contribution in [3.8, 4) is 0 Å². The normalized spacial score (nSPS) is 23.4. The first-order valence-corrected chi connectivity index (χ1v) is 9.42. The molecule has 4 nitrogen and oxygen atoms in total. The third kappa shape index (κ3) is 3.92. The Morgan fingerprint density at radius 3 is 2.71 bits per heavy atom. The summed E-state index contributed by atoms with van der Waals surface area (Å²) in [6.45, 7) is 8.43. The second kappa shape index (κ2) is 7.56. The lowest BCUT2D eigenvalue weighted by atomic mass is 9.98. The quantitative estimate of drug-likeness (QED) is 0.885. The Hall–Kier alpha value is -1.55. The fraction of sp³-hybridized carbons (Fsp3) is 0.650. The maximum Gasteiger partial charge on any atom is 0.315 e. The maximum atomic E-state index is 12.4. The zero-order valence-electron chi connectivity index (χ0n) is 15.3. The van der Waals surface area contributed by atoms with Crippen LogP contribution in [0.1, 0.15) is 61.8 Å². The first-order valence-electron chi connectivity index (χ1n) is 9.42. The molecule has 0 bridgehead atoms. The maximum absolute atomic E-state index is 12.4. The summed E-state index contributed by atoms with van der Waals surface area (Å²) >= 11 is 0. The molecule has 132 valence electrons. The van der Waals surface area contributed by atoms with Gasteiger partial charge in [0.25, 0.3) is 0 Å². The van der Waals surface area contributed by atoms with E-state index in [1.165, 1.54) is 42.4 Å². The van der Waals surface area contributed by atoms with Crippen LogP contribution in [-0.4, -0.2) is 36.1 Å².